The molecule has 1 amide bonds. The minimum Gasteiger partial charge on any atom is -0.322 e. The first kappa shape index (κ1) is 16.9. The number of nitrogens with zero attached hydrogens (tertiary/aromatic N) is 3. The molecule has 0 unspecified atom stereocenters. The molecule has 8 heteroatoms. The van der Waals surface area contributed by atoms with E-state index >= 15 is 0 Å². The Labute approximate surface area is 158 Å². The van der Waals surface area contributed by atoms with Crippen LogP contribution in [0.1, 0.15) is 20.7 Å². The van der Waals surface area contributed by atoms with Crippen LogP contribution < -0.4 is 5.32 Å². The fourth-order valence-electron chi connectivity index (χ4n) is 2.49. The minimum absolute atomic E-state index is 0.205. The zero-order valence-corrected chi connectivity index (χ0v) is 14.7. The van der Waals surface area contributed by atoms with Gasteiger partial charge in [0.1, 0.15) is 5.03 Å². The van der Waals surface area contributed by atoms with Crippen LogP contribution in [0.5, 0.6) is 0 Å². The predicted molar refractivity (Wildman–Crippen MR) is 103 cm³/mol. The third kappa shape index (κ3) is 3.70. The van der Waals surface area contributed by atoms with Gasteiger partial charge in [0, 0.05) is 35.2 Å². The molecule has 27 heavy (non-hydrogen) atoms. The number of H-pyrrole nitrogens is 1. The Kier molecular flexibility index (Phi) is 4.63. The van der Waals surface area contributed by atoms with Crippen LogP contribution in [0.2, 0.25) is 0 Å². The van der Waals surface area contributed by atoms with Gasteiger partial charge in [-0.2, -0.15) is 5.10 Å². The molecule has 0 saturated carbocycles. The van der Waals surface area contributed by atoms with Gasteiger partial charge in [-0.1, -0.05) is 0 Å². The molecule has 1 aromatic carbocycles. The molecule has 3 aromatic heterocycles. The molecule has 0 atom stereocenters. The highest BCUT2D eigenvalue weighted by molar-refractivity contribution is 8.14. The van der Waals surface area contributed by atoms with Crippen molar-refractivity contribution in [1.82, 2.24) is 20.2 Å². The number of benzene rings is 1. The summed E-state index contributed by atoms with van der Waals surface area (Å²) in [7, 11) is 0. The van der Waals surface area contributed by atoms with E-state index in [1.165, 1.54) is 0 Å². The molecule has 132 valence electrons. The second-order valence-corrected chi connectivity index (χ2v) is 6.57. The zero-order valence-electron chi connectivity index (χ0n) is 13.9. The maximum Gasteiger partial charge on any atom is 0.258 e. The summed E-state index contributed by atoms with van der Waals surface area (Å²) in [6.45, 7) is 0. The van der Waals surface area contributed by atoms with Gasteiger partial charge in [0.05, 0.1) is 17.3 Å². The summed E-state index contributed by atoms with van der Waals surface area (Å²) in [5.74, 6) is -0.341. The molecule has 0 bridgehead atoms. The molecule has 0 aliphatic carbocycles. The average molecular weight is 375 g/mol. The quantitative estimate of drug-likeness (QED) is 0.529. The normalized spacial score (nSPS) is 10.7. The number of pyridine rings is 2. The van der Waals surface area contributed by atoms with Gasteiger partial charge >= 0.3 is 0 Å². The fraction of sp³-hybridized carbons (Fsp3) is 0. The van der Waals surface area contributed by atoms with Crippen molar-refractivity contribution in [1.29, 1.82) is 0 Å². The topological polar surface area (TPSA) is 101 Å². The van der Waals surface area contributed by atoms with Crippen molar-refractivity contribution in [2.75, 3.05) is 5.32 Å². The van der Waals surface area contributed by atoms with Gasteiger partial charge in [0.25, 0.3) is 5.91 Å². The number of carbonyl (C=O) groups excluding carboxylic acids is 2. The van der Waals surface area contributed by atoms with Crippen LogP contribution in [0, 0.1) is 0 Å². The molecule has 0 saturated heterocycles. The fourth-order valence-corrected chi connectivity index (χ4v) is 3.31. The Morgan fingerprint density at radius 2 is 1.89 bits per heavy atom. The van der Waals surface area contributed by atoms with Crippen molar-refractivity contribution >= 4 is 39.4 Å². The molecule has 4 rings (SSSR count). The van der Waals surface area contributed by atoms with Gasteiger partial charge in [0.15, 0.2) is 0 Å². The number of amides is 1. The lowest BCUT2D eigenvalue weighted by Crippen LogP contribution is -2.14. The number of nitrogens with one attached hydrogen (secondary N) is 2. The molecule has 0 aliphatic heterocycles. The number of hydrogen-bond donors (Lipinski definition) is 2. The predicted octanol–water partition coefficient (Wildman–Crippen LogP) is 3.54. The summed E-state index contributed by atoms with van der Waals surface area (Å²) in [5, 5.41) is 10.8. The lowest BCUT2D eigenvalue weighted by molar-refractivity contribution is 0.102. The number of aromatic nitrogens is 4. The molecule has 4 aromatic rings. The number of carbonyl (C=O) groups is 2. The first-order valence-electron chi connectivity index (χ1n) is 8.02. The molecular formula is C19H13N5O2S. The van der Waals surface area contributed by atoms with Crippen molar-refractivity contribution in [2.24, 2.45) is 0 Å². The smallest absolute Gasteiger partial charge is 0.258 e. The van der Waals surface area contributed by atoms with Crippen molar-refractivity contribution in [3.63, 3.8) is 0 Å². The van der Waals surface area contributed by atoms with E-state index in [4.69, 9.17) is 0 Å². The number of aromatic amines is 1. The Morgan fingerprint density at radius 3 is 2.74 bits per heavy atom. The Bertz CT molecular complexity index is 1130. The third-order valence-electron chi connectivity index (χ3n) is 3.82. The van der Waals surface area contributed by atoms with E-state index in [1.807, 2.05) is 6.07 Å². The van der Waals surface area contributed by atoms with Crippen LogP contribution in [-0.4, -0.2) is 31.2 Å². The molecule has 0 fully saturated rings. The van der Waals surface area contributed by atoms with Gasteiger partial charge in [0.2, 0.25) is 5.12 Å². The summed E-state index contributed by atoms with van der Waals surface area (Å²) >= 11 is 0.911. The average Bonchev–Trinajstić information content (AvgIpc) is 3.17. The third-order valence-corrected chi connectivity index (χ3v) is 4.76. The number of fused-ring (bicyclic) bond motifs is 1. The molecule has 0 aliphatic rings. The van der Waals surface area contributed by atoms with Gasteiger partial charge in [-0.3, -0.25) is 19.7 Å². The molecule has 3 heterocycles. The van der Waals surface area contributed by atoms with Crippen LogP contribution >= 0.6 is 11.8 Å². The summed E-state index contributed by atoms with van der Waals surface area (Å²) in [6, 6.07) is 12.0. The monoisotopic (exact) mass is 375 g/mol. The maximum atomic E-state index is 12.7. The summed E-state index contributed by atoms with van der Waals surface area (Å²) in [5.41, 5.74) is 2.27. The lowest BCUT2D eigenvalue weighted by Gasteiger charge is -2.09. The number of hydrogen-bond acceptors (Lipinski definition) is 6. The largest absolute Gasteiger partial charge is 0.322 e. The SMILES string of the molecule is O=C(Sc1ncccc1C(=O)Nc1ccc2cn[nH]c2c1)c1ccncc1. The van der Waals surface area contributed by atoms with E-state index in [9.17, 15) is 9.59 Å². The van der Waals surface area contributed by atoms with Crippen molar-refractivity contribution in [3.05, 3.63) is 78.4 Å². The number of anilines is 1. The van der Waals surface area contributed by atoms with Crippen LogP contribution in [0.15, 0.2) is 72.3 Å². The Balaban J connectivity index is 1.56. The molecule has 0 radical (unpaired) electrons. The van der Waals surface area contributed by atoms with E-state index in [0.29, 0.717) is 21.8 Å². The van der Waals surface area contributed by atoms with Crippen molar-refractivity contribution in [2.45, 2.75) is 5.03 Å². The molecule has 7 nitrogen and oxygen atoms in total. The van der Waals surface area contributed by atoms with E-state index in [2.05, 4.69) is 25.5 Å². The van der Waals surface area contributed by atoms with Crippen LogP contribution in [0.3, 0.4) is 0 Å². The van der Waals surface area contributed by atoms with Crippen LogP contribution in [0.25, 0.3) is 10.9 Å². The van der Waals surface area contributed by atoms with E-state index in [1.54, 1.807) is 61.2 Å². The standard InChI is InChI=1S/C19H13N5O2S/c25-17(23-14-4-3-13-11-22-24-16(13)10-14)15-2-1-7-21-18(15)27-19(26)12-5-8-20-9-6-12/h1-11H,(H,22,24)(H,23,25). The Morgan fingerprint density at radius 1 is 1.04 bits per heavy atom. The van der Waals surface area contributed by atoms with E-state index < -0.39 is 0 Å². The molecule has 2 N–H and O–H groups in total. The van der Waals surface area contributed by atoms with Gasteiger partial charge in [-0.05, 0) is 54.2 Å². The van der Waals surface area contributed by atoms with E-state index in [-0.39, 0.29) is 11.0 Å². The summed E-state index contributed by atoms with van der Waals surface area (Å²) in [4.78, 5) is 33.2. The number of thioether (sulfide) groups is 1. The minimum atomic E-state index is -0.341. The summed E-state index contributed by atoms with van der Waals surface area (Å²) in [6.07, 6.45) is 6.36. The van der Waals surface area contributed by atoms with Gasteiger partial charge in [-0.25, -0.2) is 4.98 Å². The molecule has 0 spiro atoms. The summed E-state index contributed by atoms with van der Waals surface area (Å²) < 4.78 is 0. The second kappa shape index (κ2) is 7.38. The van der Waals surface area contributed by atoms with Gasteiger partial charge in [-0.15, -0.1) is 0 Å². The van der Waals surface area contributed by atoms with Crippen molar-refractivity contribution in [3.8, 4) is 0 Å². The second-order valence-electron chi connectivity index (χ2n) is 5.61. The first-order chi connectivity index (χ1) is 13.2. The number of rotatable bonds is 4. The van der Waals surface area contributed by atoms with Gasteiger partial charge < -0.3 is 5.32 Å². The highest BCUT2D eigenvalue weighted by Crippen LogP contribution is 2.25. The van der Waals surface area contributed by atoms with Crippen LogP contribution in [-0.2, 0) is 0 Å². The molecular weight excluding hydrogens is 362 g/mol. The Hall–Kier alpha value is -3.52. The highest BCUT2D eigenvalue weighted by atomic mass is 32.2. The van der Waals surface area contributed by atoms with E-state index in [0.717, 1.165) is 22.7 Å². The zero-order chi connectivity index (χ0) is 18.6. The van der Waals surface area contributed by atoms with Crippen molar-refractivity contribution < 1.29 is 9.59 Å². The maximum absolute atomic E-state index is 12.7. The highest BCUT2D eigenvalue weighted by Gasteiger charge is 2.17. The first-order valence-corrected chi connectivity index (χ1v) is 8.84. The lowest BCUT2D eigenvalue weighted by atomic mass is 10.2. The van der Waals surface area contributed by atoms with Crippen LogP contribution in [0.4, 0.5) is 5.69 Å².